The molecule has 26 heavy (non-hydrogen) atoms. The number of likely N-dealkylation sites (N-methyl/N-ethyl adjacent to an activating group) is 1. The van der Waals surface area contributed by atoms with Gasteiger partial charge in [-0.15, -0.1) is 0 Å². The van der Waals surface area contributed by atoms with E-state index in [-0.39, 0.29) is 22.2 Å². The number of halogens is 1. The Morgan fingerprint density at radius 1 is 1.23 bits per heavy atom. The molecule has 7 nitrogen and oxygen atoms in total. The third-order valence-corrected chi connectivity index (χ3v) is 5.24. The van der Waals surface area contributed by atoms with Crippen LogP contribution in [-0.2, 0) is 4.79 Å². The molecule has 2 rings (SSSR count). The van der Waals surface area contributed by atoms with Crippen LogP contribution in [0.3, 0.4) is 0 Å². The second-order valence-corrected chi connectivity index (χ2v) is 6.90. The quantitative estimate of drug-likeness (QED) is 0.602. The van der Waals surface area contributed by atoms with Crippen molar-refractivity contribution in [2.75, 3.05) is 13.1 Å². The molecule has 0 heterocycles. The first-order valence-corrected chi connectivity index (χ1v) is 9.28. The maximum absolute atomic E-state index is 13.1. The Morgan fingerprint density at radius 2 is 1.85 bits per heavy atom. The Balaban J connectivity index is 2.29. The average molecular weight is 382 g/mol. The SMILES string of the molecule is CCN(CC)C(=O)C1(NC(=O)c2ccc([N+](=O)[O-])cc2Cl)CCCCC1. The highest BCUT2D eigenvalue weighted by Crippen LogP contribution is 2.31. The third kappa shape index (κ3) is 4.15. The topological polar surface area (TPSA) is 92.6 Å². The van der Waals surface area contributed by atoms with Gasteiger partial charge in [0.25, 0.3) is 11.6 Å². The first kappa shape index (κ1) is 20.2. The van der Waals surface area contributed by atoms with Crippen LogP contribution in [0, 0.1) is 10.1 Å². The van der Waals surface area contributed by atoms with Gasteiger partial charge >= 0.3 is 0 Å². The molecule has 142 valence electrons. The number of nitro groups is 1. The van der Waals surface area contributed by atoms with Crippen LogP contribution in [0.5, 0.6) is 0 Å². The molecule has 1 saturated carbocycles. The number of carbonyl (C=O) groups excluding carboxylic acids is 2. The van der Waals surface area contributed by atoms with E-state index in [1.54, 1.807) is 4.90 Å². The number of benzene rings is 1. The zero-order valence-corrected chi connectivity index (χ0v) is 15.8. The van der Waals surface area contributed by atoms with Gasteiger partial charge in [-0.1, -0.05) is 30.9 Å². The summed E-state index contributed by atoms with van der Waals surface area (Å²) >= 11 is 6.07. The van der Waals surface area contributed by atoms with E-state index >= 15 is 0 Å². The maximum Gasteiger partial charge on any atom is 0.270 e. The summed E-state index contributed by atoms with van der Waals surface area (Å²) < 4.78 is 0. The van der Waals surface area contributed by atoms with Crippen LogP contribution in [-0.4, -0.2) is 40.3 Å². The standard InChI is InChI=1S/C18H24ClN3O4/c1-3-21(4-2)17(24)18(10-6-5-7-11-18)20-16(23)14-9-8-13(22(25)26)12-15(14)19/h8-9,12H,3-7,10-11H2,1-2H3,(H,20,23). The molecule has 1 aliphatic carbocycles. The molecule has 0 saturated heterocycles. The van der Waals surface area contributed by atoms with Crippen LogP contribution in [0.1, 0.15) is 56.3 Å². The van der Waals surface area contributed by atoms with Gasteiger partial charge in [0.15, 0.2) is 0 Å². The molecule has 1 N–H and O–H groups in total. The van der Waals surface area contributed by atoms with Crippen LogP contribution >= 0.6 is 11.6 Å². The lowest BCUT2D eigenvalue weighted by Gasteiger charge is -2.40. The van der Waals surface area contributed by atoms with Crippen LogP contribution in [0.4, 0.5) is 5.69 Å². The molecule has 0 bridgehead atoms. The summed E-state index contributed by atoms with van der Waals surface area (Å²) in [6.07, 6.45) is 3.92. The number of hydrogen-bond donors (Lipinski definition) is 1. The van der Waals surface area contributed by atoms with E-state index in [1.807, 2.05) is 13.8 Å². The summed E-state index contributed by atoms with van der Waals surface area (Å²) in [4.78, 5) is 37.8. The Labute approximate surface area is 157 Å². The van der Waals surface area contributed by atoms with Crippen molar-refractivity contribution >= 4 is 29.1 Å². The monoisotopic (exact) mass is 381 g/mol. The van der Waals surface area contributed by atoms with Crippen molar-refractivity contribution < 1.29 is 14.5 Å². The first-order valence-electron chi connectivity index (χ1n) is 8.90. The summed E-state index contributed by atoms with van der Waals surface area (Å²) in [5, 5.41) is 13.7. The van der Waals surface area contributed by atoms with E-state index < -0.39 is 16.4 Å². The molecule has 1 aromatic rings. The predicted octanol–water partition coefficient (Wildman–Crippen LogP) is 3.55. The smallest absolute Gasteiger partial charge is 0.270 e. The Kier molecular flexibility index (Phi) is 6.58. The van der Waals surface area contributed by atoms with Gasteiger partial charge < -0.3 is 10.2 Å². The van der Waals surface area contributed by atoms with Crippen LogP contribution in [0.15, 0.2) is 18.2 Å². The lowest BCUT2D eigenvalue weighted by Crippen LogP contribution is -2.60. The molecule has 0 aliphatic heterocycles. The first-order chi connectivity index (χ1) is 12.3. The van der Waals surface area contributed by atoms with Crippen LogP contribution < -0.4 is 5.32 Å². The number of non-ortho nitro benzene ring substituents is 1. The minimum Gasteiger partial charge on any atom is -0.341 e. The summed E-state index contributed by atoms with van der Waals surface area (Å²) in [5.74, 6) is -0.555. The fraction of sp³-hybridized carbons (Fsp3) is 0.556. The molecule has 0 atom stereocenters. The summed E-state index contributed by atoms with van der Waals surface area (Å²) in [7, 11) is 0. The number of rotatable bonds is 6. The van der Waals surface area contributed by atoms with Crippen molar-refractivity contribution in [1.82, 2.24) is 10.2 Å². The fourth-order valence-corrected chi connectivity index (χ4v) is 3.71. The summed E-state index contributed by atoms with van der Waals surface area (Å²) in [6, 6.07) is 3.71. The number of nitro benzene ring substituents is 1. The number of amides is 2. The highest BCUT2D eigenvalue weighted by molar-refractivity contribution is 6.34. The van der Waals surface area contributed by atoms with Crippen molar-refractivity contribution in [2.24, 2.45) is 0 Å². The molecule has 0 spiro atoms. The second kappa shape index (κ2) is 8.49. The molecule has 0 unspecified atom stereocenters. The number of nitrogens with zero attached hydrogens (tertiary/aromatic N) is 2. The van der Waals surface area contributed by atoms with Crippen molar-refractivity contribution in [3.8, 4) is 0 Å². The van der Waals surface area contributed by atoms with Gasteiger partial charge in [-0.25, -0.2) is 0 Å². The van der Waals surface area contributed by atoms with Gasteiger partial charge in [0, 0.05) is 25.2 Å². The molecule has 1 fully saturated rings. The predicted molar refractivity (Wildman–Crippen MR) is 99.3 cm³/mol. The Bertz CT molecular complexity index is 698. The van der Waals surface area contributed by atoms with E-state index in [2.05, 4.69) is 5.32 Å². The van der Waals surface area contributed by atoms with Gasteiger partial charge in [0.2, 0.25) is 5.91 Å². The molecule has 8 heteroatoms. The summed E-state index contributed by atoms with van der Waals surface area (Å²) in [5.41, 5.74) is -0.986. The average Bonchev–Trinajstić information content (AvgIpc) is 2.63. The van der Waals surface area contributed by atoms with E-state index in [0.717, 1.165) is 25.3 Å². The van der Waals surface area contributed by atoms with E-state index in [1.165, 1.54) is 12.1 Å². The highest BCUT2D eigenvalue weighted by Gasteiger charge is 2.43. The van der Waals surface area contributed by atoms with Gasteiger partial charge in [-0.3, -0.25) is 19.7 Å². The normalized spacial score (nSPS) is 16.0. The summed E-state index contributed by atoms with van der Waals surface area (Å²) in [6.45, 7) is 4.97. The second-order valence-electron chi connectivity index (χ2n) is 6.50. The van der Waals surface area contributed by atoms with Gasteiger partial charge in [-0.2, -0.15) is 0 Å². The molecular formula is C18H24ClN3O4. The van der Waals surface area contributed by atoms with Gasteiger partial charge in [0.05, 0.1) is 15.5 Å². The Morgan fingerprint density at radius 3 is 2.35 bits per heavy atom. The van der Waals surface area contributed by atoms with E-state index in [4.69, 9.17) is 11.6 Å². The number of hydrogen-bond acceptors (Lipinski definition) is 4. The zero-order valence-electron chi connectivity index (χ0n) is 15.1. The van der Waals surface area contributed by atoms with Crippen molar-refractivity contribution in [3.63, 3.8) is 0 Å². The third-order valence-electron chi connectivity index (χ3n) is 4.93. The Hall–Kier alpha value is -2.15. The largest absolute Gasteiger partial charge is 0.341 e. The molecule has 2 amide bonds. The van der Waals surface area contributed by atoms with Crippen molar-refractivity contribution in [1.29, 1.82) is 0 Å². The maximum atomic E-state index is 13.1. The van der Waals surface area contributed by atoms with Gasteiger partial charge in [0.1, 0.15) is 5.54 Å². The molecule has 1 aliphatic rings. The van der Waals surface area contributed by atoms with Crippen LogP contribution in [0.25, 0.3) is 0 Å². The van der Waals surface area contributed by atoms with E-state index in [0.29, 0.717) is 25.9 Å². The minimum atomic E-state index is -0.938. The highest BCUT2D eigenvalue weighted by atomic mass is 35.5. The molecular weight excluding hydrogens is 358 g/mol. The number of nitrogens with one attached hydrogen (secondary N) is 1. The lowest BCUT2D eigenvalue weighted by molar-refractivity contribution is -0.384. The zero-order chi connectivity index (χ0) is 19.3. The molecule has 0 radical (unpaired) electrons. The molecule has 1 aromatic carbocycles. The molecule has 0 aromatic heterocycles. The number of carbonyl (C=O) groups is 2. The van der Waals surface area contributed by atoms with Crippen molar-refractivity contribution in [2.45, 2.75) is 51.5 Å². The fourth-order valence-electron chi connectivity index (χ4n) is 3.45. The lowest BCUT2D eigenvalue weighted by atomic mass is 9.80. The van der Waals surface area contributed by atoms with Gasteiger partial charge in [-0.05, 0) is 32.8 Å². The van der Waals surface area contributed by atoms with Crippen LogP contribution in [0.2, 0.25) is 5.02 Å². The van der Waals surface area contributed by atoms with E-state index in [9.17, 15) is 19.7 Å². The minimum absolute atomic E-state index is 0.00190. The van der Waals surface area contributed by atoms with Crippen molar-refractivity contribution in [3.05, 3.63) is 38.9 Å².